The Bertz CT molecular complexity index is 1020. The minimum atomic E-state index is -1.36. The largest absolute Gasteiger partial charge is 0.480 e. The topological polar surface area (TPSA) is 90.5 Å². The zero-order chi connectivity index (χ0) is 25.4. The van der Waals surface area contributed by atoms with E-state index in [1.807, 2.05) is 18.4 Å². The van der Waals surface area contributed by atoms with Crippen LogP contribution in [0.2, 0.25) is 0 Å². The zero-order valence-electron chi connectivity index (χ0n) is 20.1. The van der Waals surface area contributed by atoms with Crippen LogP contribution in [0.5, 0.6) is 0 Å². The third kappa shape index (κ3) is 7.62. The molecule has 2 aromatic rings. The molecule has 1 heterocycles. The van der Waals surface area contributed by atoms with Crippen molar-refractivity contribution in [1.29, 1.82) is 0 Å². The summed E-state index contributed by atoms with van der Waals surface area (Å²) in [6, 6.07) is 12.1. The number of carboxylic acids is 1. The van der Waals surface area contributed by atoms with Crippen molar-refractivity contribution in [3.63, 3.8) is 0 Å². The van der Waals surface area contributed by atoms with Crippen molar-refractivity contribution < 1.29 is 19.1 Å². The number of aryl methyl sites for hydroxylation is 2. The average Bonchev–Trinajstić information content (AvgIpc) is 3.25. The van der Waals surface area contributed by atoms with E-state index in [2.05, 4.69) is 28.6 Å². The van der Waals surface area contributed by atoms with E-state index in [1.54, 1.807) is 25.1 Å². The maximum absolute atomic E-state index is 13.3. The molecule has 3 rings (SSSR count). The first-order valence-corrected chi connectivity index (χ1v) is 13.7. The van der Waals surface area contributed by atoms with Crippen LogP contribution < -0.4 is 16.0 Å². The Labute approximate surface area is 216 Å². The highest BCUT2D eigenvalue weighted by Gasteiger charge is 2.35. The van der Waals surface area contributed by atoms with E-state index in [0.717, 1.165) is 29.8 Å². The van der Waals surface area contributed by atoms with Crippen molar-refractivity contribution in [1.82, 2.24) is 10.6 Å². The van der Waals surface area contributed by atoms with Crippen LogP contribution in [0.15, 0.2) is 42.5 Å². The maximum Gasteiger partial charge on any atom is 0.329 e. The number of anilines is 1. The molecule has 0 spiro atoms. The Hall–Kier alpha value is -2.23. The Morgan fingerprint density at radius 1 is 1.23 bits per heavy atom. The highest BCUT2D eigenvalue weighted by Crippen LogP contribution is 2.22. The second kappa shape index (κ2) is 12.6. The normalized spacial score (nSPS) is 19.2. The number of nitrogens with one attached hydrogen (secondary N) is 3. The second-order valence-corrected chi connectivity index (χ2v) is 10.8. The lowest BCUT2D eigenvalue weighted by molar-refractivity contribution is -0.143. The van der Waals surface area contributed by atoms with Crippen molar-refractivity contribution in [3.8, 4) is 0 Å². The van der Waals surface area contributed by atoms with Gasteiger partial charge in [-0.2, -0.15) is 24.4 Å². The third-order valence-electron chi connectivity index (χ3n) is 6.45. The van der Waals surface area contributed by atoms with Crippen LogP contribution in [0.1, 0.15) is 41.3 Å². The van der Waals surface area contributed by atoms with Crippen LogP contribution >= 0.6 is 24.4 Å². The smallest absolute Gasteiger partial charge is 0.329 e. The van der Waals surface area contributed by atoms with Gasteiger partial charge in [0, 0.05) is 29.1 Å². The summed E-state index contributed by atoms with van der Waals surface area (Å²) in [7, 11) is 0. The highest BCUT2D eigenvalue weighted by molar-refractivity contribution is 7.98. The minimum absolute atomic E-state index is 0.261. The summed E-state index contributed by atoms with van der Waals surface area (Å²) >= 11 is 6.16. The van der Waals surface area contributed by atoms with Crippen molar-refractivity contribution >= 4 is 42.0 Å². The van der Waals surface area contributed by atoms with Gasteiger partial charge in [0.25, 0.3) is 5.91 Å². The van der Waals surface area contributed by atoms with Crippen molar-refractivity contribution in [2.45, 2.75) is 49.4 Å². The standard InChI is InChI=1S/C26H34FN3O3S2/c1-26(25(32)33,12-14-35-2)30-24(31)21-10-9-20(29-16-22-23(34)11-13-28-22)15-18(21)6-3-17-4-7-19(27)8-5-17/h4-5,7-10,15,22-23,28-29,34H,3,6,11-14,16H2,1-2H3,(H,30,31)(H,32,33)/t22-,23-,26-/m0/s1. The molecule has 6 nitrogen and oxygen atoms in total. The Morgan fingerprint density at radius 2 is 1.97 bits per heavy atom. The monoisotopic (exact) mass is 519 g/mol. The predicted octanol–water partition coefficient (Wildman–Crippen LogP) is 4.01. The summed E-state index contributed by atoms with van der Waals surface area (Å²) in [5.74, 6) is -1.15. The number of hydrogen-bond donors (Lipinski definition) is 5. The van der Waals surface area contributed by atoms with Gasteiger partial charge in [0.05, 0.1) is 0 Å². The van der Waals surface area contributed by atoms with Crippen LogP contribution in [0.4, 0.5) is 10.1 Å². The SMILES string of the molecule is CSCC[C@](C)(NC(=O)c1ccc(NC[C@@H]2NCC[C@@H]2S)cc1CCc1ccc(F)cc1)C(=O)O. The summed E-state index contributed by atoms with van der Waals surface area (Å²) in [5, 5.41) is 19.7. The molecule has 35 heavy (non-hydrogen) atoms. The average molecular weight is 520 g/mol. The van der Waals surface area contributed by atoms with Gasteiger partial charge in [0.2, 0.25) is 0 Å². The van der Waals surface area contributed by atoms with Gasteiger partial charge in [-0.15, -0.1) is 0 Å². The van der Waals surface area contributed by atoms with Gasteiger partial charge in [-0.1, -0.05) is 12.1 Å². The molecule has 0 saturated carbocycles. The van der Waals surface area contributed by atoms with E-state index < -0.39 is 17.4 Å². The number of amides is 1. The van der Waals surface area contributed by atoms with E-state index in [9.17, 15) is 19.1 Å². The number of halogens is 1. The van der Waals surface area contributed by atoms with E-state index in [4.69, 9.17) is 0 Å². The molecule has 1 aliphatic heterocycles. The lowest BCUT2D eigenvalue weighted by Gasteiger charge is -2.26. The van der Waals surface area contributed by atoms with Gasteiger partial charge in [0.15, 0.2) is 0 Å². The fraction of sp³-hybridized carbons (Fsp3) is 0.462. The number of carbonyl (C=O) groups is 2. The van der Waals surface area contributed by atoms with Gasteiger partial charge in [0.1, 0.15) is 11.4 Å². The lowest BCUT2D eigenvalue weighted by Crippen LogP contribution is -2.52. The number of aliphatic carboxylic acids is 1. The highest BCUT2D eigenvalue weighted by atomic mass is 32.2. The number of hydrogen-bond acceptors (Lipinski definition) is 6. The van der Waals surface area contributed by atoms with Crippen molar-refractivity contribution in [2.24, 2.45) is 0 Å². The molecule has 1 amide bonds. The van der Waals surface area contributed by atoms with Gasteiger partial charge >= 0.3 is 5.97 Å². The number of benzene rings is 2. The lowest BCUT2D eigenvalue weighted by atomic mass is 9.95. The van der Waals surface area contributed by atoms with Crippen LogP contribution in [-0.4, -0.2) is 58.9 Å². The first-order chi connectivity index (χ1) is 16.7. The van der Waals surface area contributed by atoms with Crippen LogP contribution in [-0.2, 0) is 17.6 Å². The van der Waals surface area contributed by atoms with Gasteiger partial charge in [-0.3, -0.25) is 4.79 Å². The molecule has 0 aromatic heterocycles. The molecular weight excluding hydrogens is 485 g/mol. The van der Waals surface area contributed by atoms with Crippen molar-refractivity contribution in [3.05, 3.63) is 65.0 Å². The molecule has 4 N–H and O–H groups in total. The second-order valence-electron chi connectivity index (χ2n) is 9.13. The predicted molar refractivity (Wildman–Crippen MR) is 144 cm³/mol. The van der Waals surface area contributed by atoms with E-state index in [-0.39, 0.29) is 11.9 Å². The van der Waals surface area contributed by atoms with Crippen LogP contribution in [0.25, 0.3) is 0 Å². The summed E-state index contributed by atoms with van der Waals surface area (Å²) in [6.07, 6.45) is 4.42. The molecule has 3 atom stereocenters. The molecule has 0 radical (unpaired) electrons. The molecular formula is C26H34FN3O3S2. The van der Waals surface area contributed by atoms with Gasteiger partial charge in [-0.25, -0.2) is 9.18 Å². The van der Waals surface area contributed by atoms with Crippen LogP contribution in [0.3, 0.4) is 0 Å². The molecule has 1 saturated heterocycles. The molecule has 1 aliphatic rings. The maximum atomic E-state index is 13.3. The fourth-order valence-electron chi connectivity index (χ4n) is 4.10. The van der Waals surface area contributed by atoms with E-state index in [1.165, 1.54) is 23.9 Å². The molecule has 0 bridgehead atoms. The number of rotatable bonds is 12. The first-order valence-electron chi connectivity index (χ1n) is 11.8. The molecule has 9 heteroatoms. The molecule has 1 fully saturated rings. The summed E-state index contributed by atoms with van der Waals surface area (Å²) in [4.78, 5) is 25.2. The summed E-state index contributed by atoms with van der Waals surface area (Å²) in [5.41, 5.74) is 1.73. The third-order valence-corrected chi connectivity index (χ3v) is 7.68. The Balaban J connectivity index is 1.81. The minimum Gasteiger partial charge on any atom is -0.480 e. The molecule has 190 valence electrons. The van der Waals surface area contributed by atoms with E-state index in [0.29, 0.717) is 42.4 Å². The Kier molecular flexibility index (Phi) is 9.89. The summed E-state index contributed by atoms with van der Waals surface area (Å²) in [6.45, 7) is 3.20. The summed E-state index contributed by atoms with van der Waals surface area (Å²) < 4.78 is 13.3. The first kappa shape index (κ1) is 27.4. The van der Waals surface area contributed by atoms with Gasteiger partial charge in [-0.05, 0) is 92.6 Å². The zero-order valence-corrected chi connectivity index (χ0v) is 21.9. The number of carboxylic acid groups (broad SMARTS) is 1. The van der Waals surface area contributed by atoms with Crippen LogP contribution in [0, 0.1) is 5.82 Å². The quantitative estimate of drug-likeness (QED) is 0.272. The van der Waals surface area contributed by atoms with Gasteiger partial charge < -0.3 is 21.1 Å². The molecule has 0 aliphatic carbocycles. The molecule has 2 aromatic carbocycles. The number of thiol groups is 1. The van der Waals surface area contributed by atoms with E-state index >= 15 is 0 Å². The Morgan fingerprint density at radius 3 is 2.60 bits per heavy atom. The number of carbonyl (C=O) groups excluding carboxylic acids is 1. The fourth-order valence-corrected chi connectivity index (χ4v) is 5.05. The molecule has 0 unspecified atom stereocenters. The number of thioether (sulfide) groups is 1. The van der Waals surface area contributed by atoms with Crippen molar-refractivity contribution in [2.75, 3.05) is 30.4 Å².